The fourth-order valence-corrected chi connectivity index (χ4v) is 2.84. The van der Waals surface area contributed by atoms with Gasteiger partial charge in [0, 0.05) is 19.8 Å². The van der Waals surface area contributed by atoms with Crippen LogP contribution >= 0.6 is 0 Å². The van der Waals surface area contributed by atoms with Gasteiger partial charge < -0.3 is 10.1 Å². The van der Waals surface area contributed by atoms with Gasteiger partial charge in [-0.1, -0.05) is 18.2 Å². The number of rotatable bonds is 4. The van der Waals surface area contributed by atoms with Crippen LogP contribution in [0.1, 0.15) is 29.9 Å². The van der Waals surface area contributed by atoms with E-state index in [0.29, 0.717) is 25.7 Å². The Labute approximate surface area is 117 Å². The van der Waals surface area contributed by atoms with Crippen LogP contribution in [0.2, 0.25) is 0 Å². The van der Waals surface area contributed by atoms with E-state index in [-0.39, 0.29) is 5.92 Å². The summed E-state index contributed by atoms with van der Waals surface area (Å²) in [5, 5.41) is 3.10. The van der Waals surface area contributed by atoms with Crippen LogP contribution in [-0.4, -0.2) is 26.8 Å². The maximum Gasteiger partial charge on any atom is 0.416 e. The second kappa shape index (κ2) is 6.59. The lowest BCUT2D eigenvalue weighted by Crippen LogP contribution is -2.29. The quantitative estimate of drug-likeness (QED) is 0.916. The van der Waals surface area contributed by atoms with Crippen LogP contribution in [0.25, 0.3) is 0 Å². The molecule has 112 valence electrons. The fourth-order valence-electron chi connectivity index (χ4n) is 2.84. The smallest absolute Gasteiger partial charge is 0.381 e. The number of ether oxygens (including phenoxy) is 1. The van der Waals surface area contributed by atoms with Gasteiger partial charge in [0.1, 0.15) is 0 Å². The Hall–Kier alpha value is -1.07. The first-order chi connectivity index (χ1) is 9.52. The zero-order valence-corrected chi connectivity index (χ0v) is 11.5. The highest BCUT2D eigenvalue weighted by atomic mass is 19.4. The van der Waals surface area contributed by atoms with Crippen molar-refractivity contribution in [2.24, 2.45) is 5.92 Å². The van der Waals surface area contributed by atoms with E-state index in [1.54, 1.807) is 6.07 Å². The van der Waals surface area contributed by atoms with E-state index in [1.165, 1.54) is 12.1 Å². The summed E-state index contributed by atoms with van der Waals surface area (Å²) in [6, 6.07) is 5.72. The Morgan fingerprint density at radius 1 is 1.30 bits per heavy atom. The molecule has 1 heterocycles. The van der Waals surface area contributed by atoms with Crippen molar-refractivity contribution >= 4 is 0 Å². The number of alkyl halides is 3. The third-order valence-electron chi connectivity index (χ3n) is 3.90. The molecule has 1 aliphatic rings. The molecule has 0 spiro atoms. The van der Waals surface area contributed by atoms with Crippen LogP contribution in [0, 0.1) is 5.92 Å². The summed E-state index contributed by atoms with van der Waals surface area (Å²) in [7, 11) is 1.83. The normalized spacial score (nSPS) is 19.0. The highest BCUT2D eigenvalue weighted by Crippen LogP contribution is 2.35. The Balaban J connectivity index is 2.24. The van der Waals surface area contributed by atoms with Crippen molar-refractivity contribution < 1.29 is 17.9 Å². The molecule has 0 saturated carbocycles. The first kappa shape index (κ1) is 15.3. The standard InChI is InChI=1S/C15H20F3NO/c1-19-10-14(11-5-7-20-8-6-11)12-3-2-4-13(9-12)15(16,17)18/h2-4,9,11,14,19H,5-8,10H2,1H3. The molecule has 1 aliphatic heterocycles. The van der Waals surface area contributed by atoms with Gasteiger partial charge in [-0.15, -0.1) is 0 Å². The lowest BCUT2D eigenvalue weighted by molar-refractivity contribution is -0.137. The minimum atomic E-state index is -4.28. The molecule has 5 heteroatoms. The molecule has 0 amide bonds. The summed E-state index contributed by atoms with van der Waals surface area (Å²) in [6.45, 7) is 2.08. The Bertz CT molecular complexity index is 427. The van der Waals surface area contributed by atoms with E-state index in [4.69, 9.17) is 4.74 Å². The molecule has 1 saturated heterocycles. The van der Waals surface area contributed by atoms with Crippen LogP contribution < -0.4 is 5.32 Å². The van der Waals surface area contributed by atoms with E-state index in [0.717, 1.165) is 24.5 Å². The van der Waals surface area contributed by atoms with E-state index >= 15 is 0 Å². The van der Waals surface area contributed by atoms with Gasteiger partial charge in [0.25, 0.3) is 0 Å². The largest absolute Gasteiger partial charge is 0.416 e. The maximum atomic E-state index is 12.8. The van der Waals surface area contributed by atoms with E-state index in [1.807, 2.05) is 7.05 Å². The molecule has 0 bridgehead atoms. The molecule has 0 aromatic heterocycles. The second-order valence-corrected chi connectivity index (χ2v) is 5.24. The van der Waals surface area contributed by atoms with Crippen LogP contribution in [0.5, 0.6) is 0 Å². The molecule has 2 nitrogen and oxygen atoms in total. The summed E-state index contributed by atoms with van der Waals surface area (Å²) >= 11 is 0. The van der Waals surface area contributed by atoms with Gasteiger partial charge >= 0.3 is 6.18 Å². The molecule has 20 heavy (non-hydrogen) atoms. The highest BCUT2D eigenvalue weighted by molar-refractivity contribution is 5.29. The topological polar surface area (TPSA) is 21.3 Å². The summed E-state index contributed by atoms with van der Waals surface area (Å²) in [5.74, 6) is 0.478. The molecule has 1 aromatic carbocycles. The van der Waals surface area contributed by atoms with Gasteiger partial charge in [-0.25, -0.2) is 0 Å². The van der Waals surface area contributed by atoms with Gasteiger partial charge in [-0.05, 0) is 43.4 Å². The van der Waals surface area contributed by atoms with Crippen molar-refractivity contribution in [3.63, 3.8) is 0 Å². The predicted molar refractivity (Wildman–Crippen MR) is 71.7 cm³/mol. The molecule has 0 radical (unpaired) electrons. The number of benzene rings is 1. The average Bonchev–Trinajstić information content (AvgIpc) is 2.45. The van der Waals surface area contributed by atoms with Crippen molar-refractivity contribution in [3.05, 3.63) is 35.4 Å². The molecule has 0 aliphatic carbocycles. The molecule has 1 N–H and O–H groups in total. The number of likely N-dealkylation sites (N-methyl/N-ethyl adjacent to an activating group) is 1. The summed E-state index contributed by atoms with van der Waals surface area (Å²) in [4.78, 5) is 0. The molecule has 1 unspecified atom stereocenters. The first-order valence-corrected chi connectivity index (χ1v) is 6.92. The van der Waals surface area contributed by atoms with Gasteiger partial charge in [-0.3, -0.25) is 0 Å². The summed E-state index contributed by atoms with van der Waals surface area (Å²) in [5.41, 5.74) is 0.198. The number of halogens is 3. The Morgan fingerprint density at radius 3 is 2.60 bits per heavy atom. The first-order valence-electron chi connectivity index (χ1n) is 6.92. The van der Waals surface area contributed by atoms with Crippen LogP contribution in [0.3, 0.4) is 0 Å². The monoisotopic (exact) mass is 287 g/mol. The van der Waals surface area contributed by atoms with Gasteiger partial charge in [0.15, 0.2) is 0 Å². The van der Waals surface area contributed by atoms with Crippen molar-refractivity contribution in [1.82, 2.24) is 5.32 Å². The molecule has 1 aromatic rings. The molecular weight excluding hydrogens is 267 g/mol. The van der Waals surface area contributed by atoms with Crippen molar-refractivity contribution in [1.29, 1.82) is 0 Å². The number of hydrogen-bond acceptors (Lipinski definition) is 2. The van der Waals surface area contributed by atoms with Gasteiger partial charge in [0.2, 0.25) is 0 Å². The lowest BCUT2D eigenvalue weighted by atomic mass is 9.81. The average molecular weight is 287 g/mol. The van der Waals surface area contributed by atoms with Crippen molar-refractivity contribution in [3.8, 4) is 0 Å². The third kappa shape index (κ3) is 3.73. The van der Waals surface area contributed by atoms with E-state index in [9.17, 15) is 13.2 Å². The third-order valence-corrected chi connectivity index (χ3v) is 3.90. The zero-order chi connectivity index (χ0) is 14.6. The summed E-state index contributed by atoms with van der Waals surface area (Å²) < 4.78 is 43.8. The predicted octanol–water partition coefficient (Wildman–Crippen LogP) is 3.44. The van der Waals surface area contributed by atoms with E-state index in [2.05, 4.69) is 5.32 Å². The van der Waals surface area contributed by atoms with Crippen LogP contribution in [-0.2, 0) is 10.9 Å². The molecular formula is C15H20F3NO. The van der Waals surface area contributed by atoms with E-state index < -0.39 is 11.7 Å². The zero-order valence-electron chi connectivity index (χ0n) is 11.5. The van der Waals surface area contributed by atoms with Crippen molar-refractivity contribution in [2.75, 3.05) is 26.8 Å². The minimum Gasteiger partial charge on any atom is -0.381 e. The summed E-state index contributed by atoms with van der Waals surface area (Å²) in [6.07, 6.45) is -2.47. The van der Waals surface area contributed by atoms with Gasteiger partial charge in [0.05, 0.1) is 5.56 Å². The van der Waals surface area contributed by atoms with Crippen LogP contribution in [0.4, 0.5) is 13.2 Å². The molecule has 1 fully saturated rings. The van der Waals surface area contributed by atoms with Gasteiger partial charge in [-0.2, -0.15) is 13.2 Å². The minimum absolute atomic E-state index is 0.103. The molecule has 1 atom stereocenters. The Morgan fingerprint density at radius 2 is 2.00 bits per heavy atom. The SMILES string of the molecule is CNCC(c1cccc(C(F)(F)F)c1)C1CCOCC1. The second-order valence-electron chi connectivity index (χ2n) is 5.24. The number of hydrogen-bond donors (Lipinski definition) is 1. The fraction of sp³-hybridized carbons (Fsp3) is 0.600. The molecule has 2 rings (SSSR count). The Kier molecular flexibility index (Phi) is 5.05. The maximum absolute atomic E-state index is 12.8. The van der Waals surface area contributed by atoms with Crippen molar-refractivity contribution in [2.45, 2.75) is 24.9 Å². The lowest BCUT2D eigenvalue weighted by Gasteiger charge is -2.31. The van der Waals surface area contributed by atoms with Crippen LogP contribution in [0.15, 0.2) is 24.3 Å². The highest BCUT2D eigenvalue weighted by Gasteiger charge is 2.32. The number of nitrogens with one attached hydrogen (secondary N) is 1.